The molecule has 0 unspecified atom stereocenters. The Morgan fingerprint density at radius 3 is 2.36 bits per heavy atom. The molecule has 0 atom stereocenters. The maximum absolute atomic E-state index is 12.3. The van der Waals surface area contributed by atoms with E-state index in [-0.39, 0.29) is 5.91 Å². The second-order valence-electron chi connectivity index (χ2n) is 4.96. The van der Waals surface area contributed by atoms with Gasteiger partial charge >= 0.3 is 0 Å². The number of hydrogen-bond donors (Lipinski definition) is 0. The van der Waals surface area contributed by atoms with Crippen molar-refractivity contribution in [1.29, 1.82) is 0 Å². The third-order valence-corrected chi connectivity index (χ3v) is 3.62. The van der Waals surface area contributed by atoms with Crippen LogP contribution in [-0.4, -0.2) is 29.2 Å². The molecule has 0 aliphatic carbocycles. The quantitative estimate of drug-likeness (QED) is 0.696. The first kappa shape index (κ1) is 13.9. The SMILES string of the molecule is CN(C=O)C(=O)c1ccc(-c2ccncc2)c2ccccc12. The molecule has 0 radical (unpaired) electrons. The number of amides is 2. The highest BCUT2D eigenvalue weighted by molar-refractivity contribution is 6.12. The summed E-state index contributed by atoms with van der Waals surface area (Å²) >= 11 is 0. The average molecular weight is 290 g/mol. The Morgan fingerprint density at radius 1 is 1.00 bits per heavy atom. The van der Waals surface area contributed by atoms with Crippen LogP contribution in [0.4, 0.5) is 0 Å². The van der Waals surface area contributed by atoms with Gasteiger partial charge in [0.1, 0.15) is 0 Å². The number of pyridine rings is 1. The highest BCUT2D eigenvalue weighted by Gasteiger charge is 2.16. The first-order chi connectivity index (χ1) is 10.7. The largest absolute Gasteiger partial charge is 0.284 e. The van der Waals surface area contributed by atoms with Crippen LogP contribution in [0.3, 0.4) is 0 Å². The topological polar surface area (TPSA) is 50.3 Å². The Kier molecular flexibility index (Phi) is 3.66. The minimum Gasteiger partial charge on any atom is -0.284 e. The smallest absolute Gasteiger partial charge is 0.260 e. The van der Waals surface area contributed by atoms with E-state index >= 15 is 0 Å². The van der Waals surface area contributed by atoms with E-state index < -0.39 is 0 Å². The van der Waals surface area contributed by atoms with Gasteiger partial charge in [-0.2, -0.15) is 0 Å². The van der Waals surface area contributed by atoms with Crippen molar-refractivity contribution >= 4 is 23.1 Å². The second kappa shape index (κ2) is 5.77. The van der Waals surface area contributed by atoms with Gasteiger partial charge in [-0.25, -0.2) is 0 Å². The van der Waals surface area contributed by atoms with Gasteiger partial charge < -0.3 is 0 Å². The Balaban J connectivity index is 2.24. The van der Waals surface area contributed by atoms with Crippen LogP contribution in [0.1, 0.15) is 10.4 Å². The molecule has 3 aromatic rings. The Labute approximate surface area is 128 Å². The Bertz CT molecular complexity index is 844. The van der Waals surface area contributed by atoms with Gasteiger partial charge in [0.05, 0.1) is 0 Å². The highest BCUT2D eigenvalue weighted by atomic mass is 16.2. The number of aromatic nitrogens is 1. The molecule has 2 amide bonds. The lowest BCUT2D eigenvalue weighted by Gasteiger charge is -2.14. The summed E-state index contributed by atoms with van der Waals surface area (Å²) in [6, 6.07) is 15.2. The van der Waals surface area contributed by atoms with E-state index in [1.807, 2.05) is 42.5 Å². The number of imide groups is 1. The Morgan fingerprint density at radius 2 is 1.68 bits per heavy atom. The molecule has 2 aromatic carbocycles. The summed E-state index contributed by atoms with van der Waals surface area (Å²) in [5.41, 5.74) is 2.58. The fourth-order valence-corrected chi connectivity index (χ4v) is 2.51. The minimum atomic E-state index is -0.313. The molecule has 1 heterocycles. The minimum absolute atomic E-state index is 0.313. The molecular formula is C18H14N2O2. The van der Waals surface area contributed by atoms with Crippen molar-refractivity contribution < 1.29 is 9.59 Å². The second-order valence-corrected chi connectivity index (χ2v) is 4.96. The number of carbonyl (C=O) groups is 2. The van der Waals surface area contributed by atoms with E-state index in [0.29, 0.717) is 12.0 Å². The lowest BCUT2D eigenvalue weighted by Crippen LogP contribution is -2.25. The highest BCUT2D eigenvalue weighted by Crippen LogP contribution is 2.30. The standard InChI is InChI=1S/C18H14N2O2/c1-20(12-21)18(22)17-7-6-14(13-8-10-19-11-9-13)15-4-2-3-5-16(15)17/h2-12H,1H3. The van der Waals surface area contributed by atoms with E-state index in [1.54, 1.807) is 18.5 Å². The molecule has 108 valence electrons. The molecule has 0 N–H and O–H groups in total. The van der Waals surface area contributed by atoms with Gasteiger partial charge in [-0.05, 0) is 40.1 Å². The predicted molar refractivity (Wildman–Crippen MR) is 85.3 cm³/mol. The third-order valence-electron chi connectivity index (χ3n) is 3.62. The van der Waals surface area contributed by atoms with Gasteiger partial charge in [-0.3, -0.25) is 19.5 Å². The maximum Gasteiger partial charge on any atom is 0.260 e. The number of rotatable bonds is 3. The zero-order chi connectivity index (χ0) is 15.5. The van der Waals surface area contributed by atoms with Crippen molar-refractivity contribution in [1.82, 2.24) is 9.88 Å². The number of hydrogen-bond acceptors (Lipinski definition) is 3. The molecule has 1 aromatic heterocycles. The van der Waals surface area contributed by atoms with Crippen LogP contribution >= 0.6 is 0 Å². The van der Waals surface area contributed by atoms with Gasteiger partial charge in [-0.1, -0.05) is 30.3 Å². The molecule has 0 spiro atoms. The molecule has 0 bridgehead atoms. The summed E-state index contributed by atoms with van der Waals surface area (Å²) in [6.45, 7) is 0. The van der Waals surface area contributed by atoms with Crippen LogP contribution in [0.15, 0.2) is 60.9 Å². The number of carbonyl (C=O) groups excluding carboxylic acids is 2. The van der Waals surface area contributed by atoms with Crippen LogP contribution in [0.2, 0.25) is 0 Å². The van der Waals surface area contributed by atoms with Crippen molar-refractivity contribution in [2.24, 2.45) is 0 Å². The molecule has 3 rings (SSSR count). The number of fused-ring (bicyclic) bond motifs is 1. The number of nitrogens with zero attached hydrogens (tertiary/aromatic N) is 2. The van der Waals surface area contributed by atoms with Crippen LogP contribution < -0.4 is 0 Å². The van der Waals surface area contributed by atoms with E-state index in [4.69, 9.17) is 0 Å². The lowest BCUT2D eigenvalue weighted by molar-refractivity contribution is -0.115. The summed E-state index contributed by atoms with van der Waals surface area (Å²) < 4.78 is 0. The van der Waals surface area contributed by atoms with Crippen LogP contribution in [0.5, 0.6) is 0 Å². The lowest BCUT2D eigenvalue weighted by atomic mass is 9.95. The molecule has 4 heteroatoms. The molecule has 0 fully saturated rings. The fraction of sp³-hybridized carbons (Fsp3) is 0.0556. The van der Waals surface area contributed by atoms with Gasteiger partial charge in [-0.15, -0.1) is 0 Å². The Hall–Kier alpha value is -3.01. The van der Waals surface area contributed by atoms with Crippen molar-refractivity contribution in [3.8, 4) is 11.1 Å². The molecule has 0 aliphatic heterocycles. The normalized spacial score (nSPS) is 10.4. The fourth-order valence-electron chi connectivity index (χ4n) is 2.51. The van der Waals surface area contributed by atoms with Crippen LogP contribution in [0, 0.1) is 0 Å². The molecule has 4 nitrogen and oxygen atoms in total. The van der Waals surface area contributed by atoms with Gasteiger partial charge in [0.2, 0.25) is 6.41 Å². The van der Waals surface area contributed by atoms with Crippen LogP contribution in [0.25, 0.3) is 21.9 Å². The van der Waals surface area contributed by atoms with E-state index in [0.717, 1.165) is 26.8 Å². The maximum atomic E-state index is 12.3. The predicted octanol–water partition coefficient (Wildman–Crippen LogP) is 3.13. The van der Waals surface area contributed by atoms with E-state index in [2.05, 4.69) is 4.98 Å². The summed E-state index contributed by atoms with van der Waals surface area (Å²) in [6.07, 6.45) is 4.00. The zero-order valence-electron chi connectivity index (χ0n) is 12.1. The zero-order valence-corrected chi connectivity index (χ0v) is 12.1. The van der Waals surface area contributed by atoms with E-state index in [9.17, 15) is 9.59 Å². The molecular weight excluding hydrogens is 276 g/mol. The van der Waals surface area contributed by atoms with Gasteiger partial charge in [0, 0.05) is 25.0 Å². The summed E-state index contributed by atoms with van der Waals surface area (Å²) in [4.78, 5) is 28.2. The van der Waals surface area contributed by atoms with Gasteiger partial charge in [0.15, 0.2) is 0 Å². The van der Waals surface area contributed by atoms with Gasteiger partial charge in [0.25, 0.3) is 5.91 Å². The average Bonchev–Trinajstić information content (AvgIpc) is 2.60. The number of benzene rings is 2. The van der Waals surface area contributed by atoms with Crippen LogP contribution in [-0.2, 0) is 4.79 Å². The van der Waals surface area contributed by atoms with Crippen molar-refractivity contribution in [3.63, 3.8) is 0 Å². The molecule has 0 aliphatic rings. The third kappa shape index (κ3) is 2.35. The van der Waals surface area contributed by atoms with Crippen molar-refractivity contribution in [2.75, 3.05) is 7.05 Å². The summed E-state index contributed by atoms with van der Waals surface area (Å²) in [7, 11) is 1.46. The van der Waals surface area contributed by atoms with Crippen molar-refractivity contribution in [2.45, 2.75) is 0 Å². The van der Waals surface area contributed by atoms with Crippen molar-refractivity contribution in [3.05, 3.63) is 66.5 Å². The monoisotopic (exact) mass is 290 g/mol. The molecule has 22 heavy (non-hydrogen) atoms. The summed E-state index contributed by atoms with van der Waals surface area (Å²) in [5, 5.41) is 1.80. The van der Waals surface area contributed by atoms with E-state index in [1.165, 1.54) is 7.05 Å². The molecule has 0 saturated carbocycles. The summed E-state index contributed by atoms with van der Waals surface area (Å²) in [5.74, 6) is -0.313. The first-order valence-electron chi connectivity index (χ1n) is 6.87. The molecule has 0 saturated heterocycles. The first-order valence-corrected chi connectivity index (χ1v) is 6.87.